The molecule has 2 rings (SSSR count). The number of carbonyl (C=O) groups is 1. The number of rotatable bonds is 1. The molecule has 0 bridgehead atoms. The van der Waals surface area contributed by atoms with Crippen molar-refractivity contribution in [2.24, 2.45) is 5.73 Å². The Hall–Kier alpha value is -1.56. The highest BCUT2D eigenvalue weighted by molar-refractivity contribution is 5.99. The van der Waals surface area contributed by atoms with Crippen LogP contribution in [0, 0.1) is 0 Å². The third kappa shape index (κ3) is 2.26. The van der Waals surface area contributed by atoms with Crippen molar-refractivity contribution >= 4 is 11.6 Å². The third-order valence-electron chi connectivity index (χ3n) is 2.75. The molecular formula is C11H11F3N2O. The second-order valence-corrected chi connectivity index (χ2v) is 3.93. The summed E-state index contributed by atoms with van der Waals surface area (Å²) < 4.78 is 37.0. The summed E-state index contributed by atoms with van der Waals surface area (Å²) in [5, 5.41) is 0. The zero-order valence-electron chi connectivity index (χ0n) is 8.87. The fourth-order valence-electron chi connectivity index (χ4n) is 1.79. The van der Waals surface area contributed by atoms with E-state index in [4.69, 9.17) is 5.73 Å². The fraction of sp³-hybridized carbons (Fsp3) is 0.364. The van der Waals surface area contributed by atoms with E-state index in [1.54, 1.807) is 0 Å². The first-order chi connectivity index (χ1) is 7.89. The summed E-state index contributed by atoms with van der Waals surface area (Å²) in [6.45, 7) is 0.450. The molecule has 1 aliphatic heterocycles. The minimum Gasteiger partial charge on any atom is -0.320 e. The molecule has 0 aliphatic carbocycles. The first-order valence-electron chi connectivity index (χ1n) is 5.14. The third-order valence-corrected chi connectivity index (χ3v) is 2.75. The van der Waals surface area contributed by atoms with Gasteiger partial charge in [-0.3, -0.25) is 4.79 Å². The van der Waals surface area contributed by atoms with Crippen molar-refractivity contribution in [1.82, 2.24) is 0 Å². The Morgan fingerprint density at radius 3 is 2.24 bits per heavy atom. The lowest BCUT2D eigenvalue weighted by Gasteiger charge is -2.16. The van der Waals surface area contributed by atoms with Crippen LogP contribution in [-0.2, 0) is 11.0 Å². The zero-order chi connectivity index (χ0) is 12.6. The lowest BCUT2D eigenvalue weighted by atomic mass is 10.2. The normalized spacial score (nSPS) is 21.1. The van der Waals surface area contributed by atoms with Crippen LogP contribution >= 0.6 is 0 Å². The average Bonchev–Trinajstić information content (AvgIpc) is 2.59. The number of nitrogens with zero attached hydrogens (tertiary/aromatic N) is 1. The van der Waals surface area contributed by atoms with Gasteiger partial charge < -0.3 is 10.6 Å². The Bertz CT molecular complexity index is 427. The van der Waals surface area contributed by atoms with Crippen molar-refractivity contribution in [3.8, 4) is 0 Å². The molecule has 1 saturated heterocycles. The van der Waals surface area contributed by atoms with Gasteiger partial charge in [0.05, 0.1) is 11.6 Å². The lowest BCUT2D eigenvalue weighted by molar-refractivity contribution is -0.137. The monoisotopic (exact) mass is 244 g/mol. The van der Waals surface area contributed by atoms with Gasteiger partial charge in [0.2, 0.25) is 5.91 Å². The zero-order valence-corrected chi connectivity index (χ0v) is 8.87. The van der Waals surface area contributed by atoms with E-state index in [0.717, 1.165) is 12.1 Å². The predicted octanol–water partition coefficient (Wildman–Crippen LogP) is 1.77. The Kier molecular flexibility index (Phi) is 2.82. The Balaban J connectivity index is 2.22. The highest BCUT2D eigenvalue weighted by Gasteiger charge is 2.32. The molecule has 0 spiro atoms. The van der Waals surface area contributed by atoms with Crippen LogP contribution in [0.5, 0.6) is 0 Å². The molecule has 1 fully saturated rings. The number of carbonyl (C=O) groups excluding carboxylic acids is 1. The Labute approximate surface area is 96.0 Å². The molecule has 1 amide bonds. The van der Waals surface area contributed by atoms with Crippen LogP contribution < -0.4 is 10.6 Å². The van der Waals surface area contributed by atoms with Crippen LogP contribution in [0.1, 0.15) is 12.0 Å². The van der Waals surface area contributed by atoms with Crippen LogP contribution in [0.3, 0.4) is 0 Å². The van der Waals surface area contributed by atoms with Gasteiger partial charge in [0.1, 0.15) is 0 Å². The number of hydrogen-bond donors (Lipinski definition) is 1. The Morgan fingerprint density at radius 1 is 1.24 bits per heavy atom. The maximum atomic E-state index is 12.3. The van der Waals surface area contributed by atoms with Crippen molar-refractivity contribution in [1.29, 1.82) is 0 Å². The van der Waals surface area contributed by atoms with Crippen LogP contribution in [-0.4, -0.2) is 18.5 Å². The maximum absolute atomic E-state index is 12.3. The molecule has 0 unspecified atom stereocenters. The summed E-state index contributed by atoms with van der Waals surface area (Å²) in [6.07, 6.45) is -3.83. The number of hydrogen-bond acceptors (Lipinski definition) is 2. The van der Waals surface area contributed by atoms with E-state index < -0.39 is 17.8 Å². The van der Waals surface area contributed by atoms with Gasteiger partial charge in [-0.2, -0.15) is 13.2 Å². The van der Waals surface area contributed by atoms with Crippen molar-refractivity contribution in [2.45, 2.75) is 18.6 Å². The Morgan fingerprint density at radius 2 is 1.82 bits per heavy atom. The molecule has 1 aliphatic rings. The highest BCUT2D eigenvalue weighted by Crippen LogP contribution is 2.31. The molecule has 0 saturated carbocycles. The van der Waals surface area contributed by atoms with E-state index in [-0.39, 0.29) is 5.91 Å². The summed E-state index contributed by atoms with van der Waals surface area (Å²) >= 11 is 0. The van der Waals surface area contributed by atoms with Gasteiger partial charge in [0.25, 0.3) is 0 Å². The van der Waals surface area contributed by atoms with Crippen molar-refractivity contribution in [3.05, 3.63) is 29.8 Å². The molecule has 0 aromatic heterocycles. The van der Waals surface area contributed by atoms with Gasteiger partial charge >= 0.3 is 6.18 Å². The summed E-state index contributed by atoms with van der Waals surface area (Å²) in [5.74, 6) is -0.246. The average molecular weight is 244 g/mol. The molecule has 1 heterocycles. The standard InChI is InChI=1S/C11H11F3N2O/c12-11(13,14)7-1-3-8(4-2-7)16-6-5-9(15)10(16)17/h1-4,9H,5-6,15H2/t9-/m0/s1. The van der Waals surface area contributed by atoms with Crippen molar-refractivity contribution in [3.63, 3.8) is 0 Å². The topological polar surface area (TPSA) is 46.3 Å². The summed E-state index contributed by atoms with van der Waals surface area (Å²) in [6, 6.07) is 3.97. The summed E-state index contributed by atoms with van der Waals surface area (Å²) in [4.78, 5) is 13.0. The van der Waals surface area contributed by atoms with Crippen molar-refractivity contribution < 1.29 is 18.0 Å². The first-order valence-corrected chi connectivity index (χ1v) is 5.14. The van der Waals surface area contributed by atoms with Crippen LogP contribution in [0.2, 0.25) is 0 Å². The lowest BCUT2D eigenvalue weighted by Crippen LogP contribution is -2.33. The summed E-state index contributed by atoms with van der Waals surface area (Å²) in [5.41, 5.74) is 5.26. The SMILES string of the molecule is N[C@H]1CCN(c2ccc(C(F)(F)F)cc2)C1=O. The minimum absolute atomic E-state index is 0.246. The van der Waals surface area contributed by atoms with Gasteiger partial charge in [0, 0.05) is 12.2 Å². The van der Waals surface area contributed by atoms with E-state index in [0.29, 0.717) is 18.7 Å². The second-order valence-electron chi connectivity index (χ2n) is 3.93. The van der Waals surface area contributed by atoms with Crippen LogP contribution in [0.4, 0.5) is 18.9 Å². The minimum atomic E-state index is -4.36. The molecule has 17 heavy (non-hydrogen) atoms. The molecule has 1 aromatic carbocycles. The number of nitrogens with two attached hydrogens (primary N) is 1. The smallest absolute Gasteiger partial charge is 0.320 e. The maximum Gasteiger partial charge on any atom is 0.416 e. The van der Waals surface area contributed by atoms with Gasteiger partial charge in [-0.15, -0.1) is 0 Å². The van der Waals surface area contributed by atoms with E-state index >= 15 is 0 Å². The number of benzene rings is 1. The fourth-order valence-corrected chi connectivity index (χ4v) is 1.79. The van der Waals surface area contributed by atoms with Gasteiger partial charge in [-0.05, 0) is 30.7 Å². The van der Waals surface area contributed by atoms with Gasteiger partial charge in [0.15, 0.2) is 0 Å². The largest absolute Gasteiger partial charge is 0.416 e. The molecule has 6 heteroatoms. The molecule has 3 nitrogen and oxygen atoms in total. The van der Waals surface area contributed by atoms with Crippen LogP contribution in [0.15, 0.2) is 24.3 Å². The van der Waals surface area contributed by atoms with Crippen molar-refractivity contribution in [2.75, 3.05) is 11.4 Å². The molecule has 1 aromatic rings. The number of amides is 1. The number of alkyl halides is 3. The molecule has 2 N–H and O–H groups in total. The van der Waals surface area contributed by atoms with Gasteiger partial charge in [-0.1, -0.05) is 0 Å². The predicted molar refractivity (Wildman–Crippen MR) is 56.4 cm³/mol. The molecule has 0 radical (unpaired) electrons. The molecule has 92 valence electrons. The van der Waals surface area contributed by atoms with E-state index in [1.165, 1.54) is 17.0 Å². The van der Waals surface area contributed by atoms with Gasteiger partial charge in [-0.25, -0.2) is 0 Å². The molecule has 1 atom stereocenters. The van der Waals surface area contributed by atoms with E-state index in [2.05, 4.69) is 0 Å². The molecular weight excluding hydrogens is 233 g/mol. The first kappa shape index (κ1) is 11.9. The number of anilines is 1. The van der Waals surface area contributed by atoms with Crippen LogP contribution in [0.25, 0.3) is 0 Å². The summed E-state index contributed by atoms with van der Waals surface area (Å²) in [7, 11) is 0. The second kappa shape index (κ2) is 4.03. The van der Waals surface area contributed by atoms with E-state index in [1.807, 2.05) is 0 Å². The quantitative estimate of drug-likeness (QED) is 0.818. The van der Waals surface area contributed by atoms with E-state index in [9.17, 15) is 18.0 Å². The highest BCUT2D eigenvalue weighted by atomic mass is 19.4. The number of halogens is 3.